The quantitative estimate of drug-likeness (QED) is 0.810. The van der Waals surface area contributed by atoms with Crippen molar-refractivity contribution in [3.8, 4) is 5.75 Å². The third kappa shape index (κ3) is 3.39. The third-order valence-electron chi connectivity index (χ3n) is 2.17. The van der Waals surface area contributed by atoms with Crippen LogP contribution in [0.3, 0.4) is 0 Å². The van der Waals surface area contributed by atoms with Gasteiger partial charge in [-0.25, -0.2) is 9.98 Å². The van der Waals surface area contributed by atoms with Crippen LogP contribution in [0.25, 0.3) is 0 Å². The zero-order chi connectivity index (χ0) is 12.1. The molecule has 0 spiro atoms. The molecule has 4 heteroatoms. The Balaban J connectivity index is 2.11. The molecule has 0 radical (unpaired) electrons. The summed E-state index contributed by atoms with van der Waals surface area (Å²) in [5.41, 5.74) is 1.01. The average Bonchev–Trinajstić information content (AvgIpc) is 2.39. The van der Waals surface area contributed by atoms with Crippen molar-refractivity contribution in [2.45, 2.75) is 0 Å². The van der Waals surface area contributed by atoms with Crippen molar-refractivity contribution in [2.75, 3.05) is 7.11 Å². The second-order valence-electron chi connectivity index (χ2n) is 3.37. The maximum atomic E-state index is 5.08. The molecule has 0 saturated carbocycles. The van der Waals surface area contributed by atoms with Gasteiger partial charge in [-0.2, -0.15) is 0 Å². The fourth-order valence-corrected chi connectivity index (χ4v) is 1.51. The number of hydrogen-bond acceptors (Lipinski definition) is 3. The van der Waals surface area contributed by atoms with Gasteiger partial charge >= 0.3 is 0 Å². The highest BCUT2D eigenvalue weighted by atomic mass is 79.9. The second kappa shape index (κ2) is 5.59. The topological polar surface area (TPSA) is 34.5 Å². The Labute approximate surface area is 108 Å². The fourth-order valence-electron chi connectivity index (χ4n) is 1.28. The summed E-state index contributed by atoms with van der Waals surface area (Å²) in [4.78, 5) is 8.43. The summed E-state index contributed by atoms with van der Waals surface area (Å²) >= 11 is 3.33. The minimum Gasteiger partial charge on any atom is -0.497 e. The van der Waals surface area contributed by atoms with Crippen molar-refractivity contribution in [3.05, 3.63) is 52.6 Å². The molecule has 17 heavy (non-hydrogen) atoms. The predicted molar refractivity (Wildman–Crippen MR) is 72.2 cm³/mol. The molecule has 1 aromatic heterocycles. The molecule has 0 saturated heterocycles. The van der Waals surface area contributed by atoms with E-state index in [4.69, 9.17) is 4.74 Å². The molecule has 0 aliphatic rings. The number of ether oxygens (including phenoxy) is 1. The summed E-state index contributed by atoms with van der Waals surface area (Å²) in [6.07, 6.45) is 3.50. The lowest BCUT2D eigenvalue weighted by Gasteiger charge is -1.98. The first-order valence-corrected chi connectivity index (χ1v) is 5.87. The van der Waals surface area contributed by atoms with E-state index in [1.807, 2.05) is 36.4 Å². The van der Waals surface area contributed by atoms with Gasteiger partial charge in [-0.15, -0.1) is 0 Å². The van der Waals surface area contributed by atoms with Crippen molar-refractivity contribution < 1.29 is 4.74 Å². The fraction of sp³-hybridized carbons (Fsp3) is 0.0769. The number of methoxy groups -OCH3 is 1. The van der Waals surface area contributed by atoms with E-state index in [2.05, 4.69) is 25.9 Å². The average molecular weight is 291 g/mol. The minimum absolute atomic E-state index is 0.684. The Morgan fingerprint density at radius 2 is 1.94 bits per heavy atom. The lowest BCUT2D eigenvalue weighted by atomic mass is 10.2. The number of pyridine rings is 1. The first-order chi connectivity index (χ1) is 8.28. The lowest BCUT2D eigenvalue weighted by molar-refractivity contribution is 0.415. The molecule has 86 valence electrons. The van der Waals surface area contributed by atoms with E-state index in [9.17, 15) is 0 Å². The van der Waals surface area contributed by atoms with Crippen molar-refractivity contribution >= 4 is 28.0 Å². The molecule has 1 aromatic carbocycles. The third-order valence-corrected chi connectivity index (χ3v) is 2.64. The van der Waals surface area contributed by atoms with Crippen LogP contribution in [-0.4, -0.2) is 18.3 Å². The zero-order valence-corrected chi connectivity index (χ0v) is 10.9. The molecule has 0 atom stereocenters. The number of hydrogen-bond donors (Lipinski definition) is 0. The number of aromatic nitrogens is 1. The van der Waals surface area contributed by atoms with E-state index in [1.54, 1.807) is 19.5 Å². The van der Waals surface area contributed by atoms with E-state index in [0.717, 1.165) is 15.8 Å². The largest absolute Gasteiger partial charge is 0.497 e. The summed E-state index contributed by atoms with van der Waals surface area (Å²) in [5.74, 6) is 1.52. The lowest BCUT2D eigenvalue weighted by Crippen LogP contribution is -1.84. The van der Waals surface area contributed by atoms with Gasteiger partial charge in [0.25, 0.3) is 0 Å². The molecule has 3 nitrogen and oxygen atoms in total. The maximum absolute atomic E-state index is 5.08. The van der Waals surface area contributed by atoms with Crippen molar-refractivity contribution in [3.63, 3.8) is 0 Å². The number of nitrogens with zero attached hydrogens (tertiary/aromatic N) is 2. The molecule has 0 N–H and O–H groups in total. The summed E-state index contributed by atoms with van der Waals surface area (Å²) in [6, 6.07) is 11.5. The van der Waals surface area contributed by atoms with Crippen LogP contribution in [0.15, 0.2) is 52.1 Å². The van der Waals surface area contributed by atoms with Gasteiger partial charge in [0, 0.05) is 16.9 Å². The zero-order valence-electron chi connectivity index (χ0n) is 9.30. The van der Waals surface area contributed by atoms with Gasteiger partial charge in [0.1, 0.15) is 5.75 Å². The molecule has 0 aliphatic heterocycles. The molecule has 0 fully saturated rings. The van der Waals surface area contributed by atoms with E-state index >= 15 is 0 Å². The summed E-state index contributed by atoms with van der Waals surface area (Å²) in [6.45, 7) is 0. The first kappa shape index (κ1) is 11.8. The second-order valence-corrected chi connectivity index (χ2v) is 4.28. The molecule has 2 aromatic rings. The van der Waals surface area contributed by atoms with Gasteiger partial charge in [-0.05, 0) is 57.9 Å². The Bertz CT molecular complexity index is 506. The summed E-state index contributed by atoms with van der Waals surface area (Å²) < 4.78 is 6.03. The van der Waals surface area contributed by atoms with E-state index in [1.165, 1.54) is 0 Å². The number of rotatable bonds is 3. The molecular formula is C13H11BrN2O. The van der Waals surface area contributed by atoms with Gasteiger partial charge in [0.2, 0.25) is 0 Å². The standard InChI is InChI=1S/C13H11BrN2O/c1-17-12-5-2-10(3-6-12)8-15-13-7-4-11(14)9-16-13/h2-9H,1H3. The summed E-state index contributed by atoms with van der Waals surface area (Å²) in [5, 5.41) is 0. The van der Waals surface area contributed by atoms with Crippen LogP contribution in [0.5, 0.6) is 5.75 Å². The van der Waals surface area contributed by atoms with Crippen LogP contribution in [-0.2, 0) is 0 Å². The highest BCUT2D eigenvalue weighted by Gasteiger charge is 1.92. The first-order valence-electron chi connectivity index (χ1n) is 5.07. The molecular weight excluding hydrogens is 280 g/mol. The Kier molecular flexibility index (Phi) is 3.88. The number of benzene rings is 1. The van der Waals surface area contributed by atoms with Crippen LogP contribution in [0.4, 0.5) is 5.82 Å². The monoisotopic (exact) mass is 290 g/mol. The highest BCUT2D eigenvalue weighted by Crippen LogP contribution is 2.14. The van der Waals surface area contributed by atoms with Crippen molar-refractivity contribution in [1.29, 1.82) is 0 Å². The molecule has 0 bridgehead atoms. The SMILES string of the molecule is COc1ccc(C=Nc2ccc(Br)cn2)cc1. The normalized spacial score (nSPS) is 10.7. The van der Waals surface area contributed by atoms with E-state index < -0.39 is 0 Å². The molecule has 0 unspecified atom stereocenters. The Hall–Kier alpha value is -1.68. The highest BCUT2D eigenvalue weighted by molar-refractivity contribution is 9.10. The van der Waals surface area contributed by atoms with Crippen molar-refractivity contribution in [1.82, 2.24) is 4.98 Å². The summed E-state index contributed by atoms with van der Waals surface area (Å²) in [7, 11) is 1.65. The van der Waals surface area contributed by atoms with E-state index in [0.29, 0.717) is 5.82 Å². The Morgan fingerprint density at radius 3 is 2.53 bits per heavy atom. The molecule has 1 heterocycles. The Morgan fingerprint density at radius 1 is 1.18 bits per heavy atom. The molecule has 0 aliphatic carbocycles. The van der Waals surface area contributed by atoms with Gasteiger partial charge in [0.15, 0.2) is 5.82 Å². The van der Waals surface area contributed by atoms with Gasteiger partial charge in [-0.1, -0.05) is 0 Å². The van der Waals surface area contributed by atoms with Crippen LogP contribution in [0.1, 0.15) is 5.56 Å². The number of halogens is 1. The van der Waals surface area contributed by atoms with Gasteiger partial charge in [-0.3, -0.25) is 0 Å². The van der Waals surface area contributed by atoms with Crippen LogP contribution >= 0.6 is 15.9 Å². The van der Waals surface area contributed by atoms with E-state index in [-0.39, 0.29) is 0 Å². The molecule has 0 amide bonds. The maximum Gasteiger partial charge on any atom is 0.151 e. The van der Waals surface area contributed by atoms with Crippen LogP contribution in [0.2, 0.25) is 0 Å². The minimum atomic E-state index is 0.684. The van der Waals surface area contributed by atoms with Gasteiger partial charge in [0.05, 0.1) is 7.11 Å². The van der Waals surface area contributed by atoms with Crippen LogP contribution in [0, 0.1) is 0 Å². The predicted octanol–water partition coefficient (Wildman–Crippen LogP) is 3.60. The van der Waals surface area contributed by atoms with Crippen molar-refractivity contribution in [2.24, 2.45) is 4.99 Å². The smallest absolute Gasteiger partial charge is 0.151 e. The van der Waals surface area contributed by atoms with Crippen LogP contribution < -0.4 is 4.74 Å². The molecule has 2 rings (SSSR count). The van der Waals surface area contributed by atoms with Gasteiger partial charge < -0.3 is 4.74 Å². The number of aliphatic imine (C=N–C) groups is 1.